The Hall–Kier alpha value is -3.13. The molecule has 0 aliphatic carbocycles. The maximum Gasteiger partial charge on any atom is 0.257 e. The number of ether oxygens (including phenoxy) is 1. The molecule has 3 amide bonds. The van der Waals surface area contributed by atoms with Gasteiger partial charge in [-0.3, -0.25) is 14.4 Å². The molecule has 0 radical (unpaired) electrons. The first kappa shape index (κ1) is 19.2. The molecule has 2 fully saturated rings. The van der Waals surface area contributed by atoms with Crippen LogP contribution in [0.5, 0.6) is 0 Å². The molecule has 2 N–H and O–H groups in total. The summed E-state index contributed by atoms with van der Waals surface area (Å²) in [7, 11) is 0. The molecule has 2 aliphatic rings. The third kappa shape index (κ3) is 3.88. The Labute approximate surface area is 168 Å². The highest BCUT2D eigenvalue weighted by molar-refractivity contribution is 5.94. The lowest BCUT2D eigenvalue weighted by molar-refractivity contribution is -0.137. The predicted molar refractivity (Wildman–Crippen MR) is 103 cm³/mol. The second kappa shape index (κ2) is 8.08. The van der Waals surface area contributed by atoms with Gasteiger partial charge in [-0.05, 0) is 11.6 Å². The monoisotopic (exact) mass is 397 g/mol. The first-order chi connectivity index (χ1) is 14.0. The van der Waals surface area contributed by atoms with E-state index in [1.165, 1.54) is 12.5 Å². The minimum atomic E-state index is -0.603. The Kier molecular flexibility index (Phi) is 5.35. The van der Waals surface area contributed by atoms with Crippen LogP contribution in [0.3, 0.4) is 0 Å². The fourth-order valence-corrected chi connectivity index (χ4v) is 4.42. The predicted octanol–water partition coefficient (Wildman–Crippen LogP) is 1.05. The van der Waals surface area contributed by atoms with Crippen LogP contribution in [0.15, 0.2) is 53.3 Å². The van der Waals surface area contributed by atoms with Gasteiger partial charge in [-0.25, -0.2) is 0 Å². The van der Waals surface area contributed by atoms with Crippen molar-refractivity contribution < 1.29 is 23.5 Å². The first-order valence-electron chi connectivity index (χ1n) is 9.56. The Morgan fingerprint density at radius 1 is 1.07 bits per heavy atom. The van der Waals surface area contributed by atoms with Crippen LogP contribution in [0, 0.1) is 11.8 Å². The lowest BCUT2D eigenvalue weighted by Gasteiger charge is -2.29. The van der Waals surface area contributed by atoms with Crippen molar-refractivity contribution in [3.05, 3.63) is 60.1 Å². The minimum Gasteiger partial charge on any atom is -0.472 e. The lowest BCUT2D eigenvalue weighted by atomic mass is 9.89. The van der Waals surface area contributed by atoms with Crippen LogP contribution in [0.25, 0.3) is 0 Å². The van der Waals surface area contributed by atoms with E-state index < -0.39 is 5.91 Å². The maximum atomic E-state index is 13.1. The number of nitrogens with zero attached hydrogens (tertiary/aromatic N) is 2. The number of benzene rings is 1. The average Bonchev–Trinajstić information content (AvgIpc) is 3.43. The fraction of sp³-hybridized carbons (Fsp3) is 0.381. The molecule has 8 nitrogen and oxygen atoms in total. The number of carbonyl (C=O) groups is 3. The van der Waals surface area contributed by atoms with Gasteiger partial charge in [0.15, 0.2) is 0 Å². The number of hydrogen-bond donors (Lipinski definition) is 1. The van der Waals surface area contributed by atoms with Gasteiger partial charge in [-0.1, -0.05) is 30.3 Å². The highest BCUT2D eigenvalue weighted by Crippen LogP contribution is 2.45. The molecule has 2 saturated heterocycles. The van der Waals surface area contributed by atoms with Gasteiger partial charge in [0, 0.05) is 31.5 Å². The number of carbonyl (C=O) groups excluding carboxylic acids is 3. The molecule has 2 aliphatic heterocycles. The van der Waals surface area contributed by atoms with Gasteiger partial charge >= 0.3 is 0 Å². The number of fused-ring (bicyclic) bond motifs is 1. The van der Waals surface area contributed by atoms with Crippen LogP contribution in [0.4, 0.5) is 0 Å². The van der Waals surface area contributed by atoms with E-state index >= 15 is 0 Å². The Morgan fingerprint density at radius 3 is 2.55 bits per heavy atom. The van der Waals surface area contributed by atoms with Crippen LogP contribution in [-0.4, -0.2) is 60.4 Å². The number of hydrogen-bond acceptors (Lipinski definition) is 5. The molecule has 0 bridgehead atoms. The summed E-state index contributed by atoms with van der Waals surface area (Å²) in [5.74, 6) is -0.525. The molecule has 29 heavy (non-hydrogen) atoms. The molecule has 3 atom stereocenters. The molecule has 0 spiro atoms. The molecule has 4 rings (SSSR count). The smallest absolute Gasteiger partial charge is 0.257 e. The highest BCUT2D eigenvalue weighted by Gasteiger charge is 2.50. The summed E-state index contributed by atoms with van der Waals surface area (Å²) >= 11 is 0. The van der Waals surface area contributed by atoms with Crippen LogP contribution in [0.2, 0.25) is 0 Å². The number of nitrogens with two attached hydrogens (primary N) is 1. The zero-order valence-electron chi connectivity index (χ0n) is 15.9. The summed E-state index contributed by atoms with van der Waals surface area (Å²) in [6.07, 6.45) is 2.96. The SMILES string of the molecule is NC(=O)COCC(=O)N1C[C@H]2CN(C(=O)c3ccoc3)[C@H](c3ccccc3)[C@H]2C1. The summed E-state index contributed by atoms with van der Waals surface area (Å²) in [4.78, 5) is 40.0. The van der Waals surface area contributed by atoms with Crippen molar-refractivity contribution >= 4 is 17.7 Å². The van der Waals surface area contributed by atoms with Gasteiger partial charge in [0.2, 0.25) is 11.8 Å². The third-order valence-corrected chi connectivity index (χ3v) is 5.66. The van der Waals surface area contributed by atoms with Gasteiger partial charge < -0.3 is 24.7 Å². The summed E-state index contributed by atoms with van der Waals surface area (Å²) in [5, 5.41) is 0. The molecule has 2 aromatic rings. The number of likely N-dealkylation sites (tertiary alicyclic amines) is 2. The van der Waals surface area contributed by atoms with Crippen LogP contribution in [0.1, 0.15) is 22.0 Å². The fourth-order valence-electron chi connectivity index (χ4n) is 4.42. The molecule has 0 unspecified atom stereocenters. The Bertz CT molecular complexity index is 883. The number of primary amides is 1. The van der Waals surface area contributed by atoms with Gasteiger partial charge in [0.05, 0.1) is 17.9 Å². The molecule has 0 saturated carbocycles. The molecule has 1 aromatic heterocycles. The maximum absolute atomic E-state index is 13.1. The van der Waals surface area contributed by atoms with Crippen LogP contribution in [-0.2, 0) is 14.3 Å². The standard InChI is InChI=1S/C21H23N3O5/c22-18(25)12-29-13-19(26)23-8-16-9-24(21(27)15-6-7-28-11-15)20(17(16)10-23)14-4-2-1-3-5-14/h1-7,11,16-17,20H,8-10,12-13H2,(H2,22,25)/t16-,17-,20+/m0/s1. The molecule has 152 valence electrons. The van der Waals surface area contributed by atoms with E-state index in [1.54, 1.807) is 11.0 Å². The summed E-state index contributed by atoms with van der Waals surface area (Å²) in [6.45, 7) is 1.22. The van der Waals surface area contributed by atoms with Crippen molar-refractivity contribution in [2.45, 2.75) is 6.04 Å². The van der Waals surface area contributed by atoms with Crippen molar-refractivity contribution in [1.82, 2.24) is 9.80 Å². The van der Waals surface area contributed by atoms with E-state index in [-0.39, 0.29) is 42.9 Å². The molecule has 1 aromatic carbocycles. The summed E-state index contributed by atoms with van der Waals surface area (Å²) in [5.41, 5.74) is 6.62. The quantitative estimate of drug-likeness (QED) is 0.784. The highest BCUT2D eigenvalue weighted by atomic mass is 16.5. The van der Waals surface area contributed by atoms with Crippen molar-refractivity contribution in [2.24, 2.45) is 17.6 Å². The van der Waals surface area contributed by atoms with E-state index in [0.717, 1.165) is 5.56 Å². The van der Waals surface area contributed by atoms with Crippen molar-refractivity contribution in [3.8, 4) is 0 Å². The molecular formula is C21H23N3O5. The van der Waals surface area contributed by atoms with Crippen molar-refractivity contribution in [3.63, 3.8) is 0 Å². The Morgan fingerprint density at radius 2 is 1.86 bits per heavy atom. The summed E-state index contributed by atoms with van der Waals surface area (Å²) < 4.78 is 10.2. The lowest BCUT2D eigenvalue weighted by Crippen LogP contribution is -2.38. The van der Waals surface area contributed by atoms with Crippen molar-refractivity contribution in [2.75, 3.05) is 32.8 Å². The van der Waals surface area contributed by atoms with E-state index in [9.17, 15) is 14.4 Å². The van der Waals surface area contributed by atoms with Gasteiger partial charge in [-0.15, -0.1) is 0 Å². The topological polar surface area (TPSA) is 106 Å². The zero-order chi connectivity index (χ0) is 20.4. The van der Waals surface area contributed by atoms with Crippen LogP contribution < -0.4 is 5.73 Å². The second-order valence-corrected chi connectivity index (χ2v) is 7.51. The molecule has 8 heteroatoms. The molecular weight excluding hydrogens is 374 g/mol. The average molecular weight is 397 g/mol. The van der Waals surface area contributed by atoms with E-state index in [1.807, 2.05) is 35.2 Å². The summed E-state index contributed by atoms with van der Waals surface area (Å²) in [6, 6.07) is 11.4. The van der Waals surface area contributed by atoms with Gasteiger partial charge in [0.25, 0.3) is 5.91 Å². The van der Waals surface area contributed by atoms with Gasteiger partial charge in [0.1, 0.15) is 19.5 Å². The van der Waals surface area contributed by atoms with Crippen LogP contribution >= 0.6 is 0 Å². The van der Waals surface area contributed by atoms with E-state index in [0.29, 0.717) is 25.2 Å². The normalized spacial score (nSPS) is 23.2. The second-order valence-electron chi connectivity index (χ2n) is 7.51. The Balaban J connectivity index is 1.51. The largest absolute Gasteiger partial charge is 0.472 e. The van der Waals surface area contributed by atoms with E-state index in [2.05, 4.69) is 0 Å². The number of rotatable bonds is 6. The number of amides is 3. The zero-order valence-corrected chi connectivity index (χ0v) is 15.9. The first-order valence-corrected chi connectivity index (χ1v) is 9.56. The molecule has 3 heterocycles. The third-order valence-electron chi connectivity index (χ3n) is 5.66. The van der Waals surface area contributed by atoms with E-state index in [4.69, 9.17) is 14.9 Å². The minimum absolute atomic E-state index is 0.0651. The van der Waals surface area contributed by atoms with Crippen molar-refractivity contribution in [1.29, 1.82) is 0 Å². The van der Waals surface area contributed by atoms with Gasteiger partial charge in [-0.2, -0.15) is 0 Å². The number of furan rings is 1.